The van der Waals surface area contributed by atoms with Crippen molar-refractivity contribution in [3.63, 3.8) is 0 Å². The van der Waals surface area contributed by atoms with Crippen molar-refractivity contribution in [3.8, 4) is 0 Å². The van der Waals surface area contributed by atoms with Crippen LogP contribution < -0.4 is 0 Å². The van der Waals surface area contributed by atoms with Crippen LogP contribution in [0.15, 0.2) is 36.0 Å². The maximum atomic E-state index is 12.0. The first-order valence-electron chi connectivity index (χ1n) is 7.07. The summed E-state index contributed by atoms with van der Waals surface area (Å²) in [4.78, 5) is 24.0. The monoisotopic (exact) mass is 274 g/mol. The van der Waals surface area contributed by atoms with Crippen molar-refractivity contribution in [2.45, 2.75) is 46.1 Å². The molecule has 0 aromatic rings. The molecule has 1 saturated carbocycles. The molecule has 2 unspecified atom stereocenters. The molecule has 3 heteroatoms. The van der Waals surface area contributed by atoms with Crippen molar-refractivity contribution >= 4 is 11.8 Å². The average Bonchev–Trinajstić information content (AvgIpc) is 2.94. The standard InChI is InChI=1S/C17H22O3/c1-5-6-7-8-12-11(2)15(9-14(12)18)20-16(19)13-10-17(13,3)4/h5-7,13,15H,1,8-10H2,2-4H3. The Hall–Kier alpha value is -1.64. The van der Waals surface area contributed by atoms with Gasteiger partial charge in [-0.2, -0.15) is 0 Å². The van der Waals surface area contributed by atoms with E-state index in [9.17, 15) is 9.59 Å². The third kappa shape index (κ3) is 2.92. The van der Waals surface area contributed by atoms with Crippen LogP contribution in [0.25, 0.3) is 0 Å². The molecule has 2 aliphatic carbocycles. The second kappa shape index (κ2) is 5.39. The Kier molecular flexibility index (Phi) is 3.98. The molecule has 0 spiro atoms. The molecule has 108 valence electrons. The van der Waals surface area contributed by atoms with Crippen molar-refractivity contribution < 1.29 is 14.3 Å². The Morgan fingerprint density at radius 1 is 1.50 bits per heavy atom. The first-order chi connectivity index (χ1) is 9.36. The van der Waals surface area contributed by atoms with Crippen LogP contribution in [0.5, 0.6) is 0 Å². The number of hydrogen-bond acceptors (Lipinski definition) is 3. The fourth-order valence-electron chi connectivity index (χ4n) is 2.64. The highest BCUT2D eigenvalue weighted by molar-refractivity contribution is 6.00. The van der Waals surface area contributed by atoms with Gasteiger partial charge < -0.3 is 4.74 Å². The van der Waals surface area contributed by atoms with Gasteiger partial charge in [0.15, 0.2) is 5.78 Å². The highest BCUT2D eigenvalue weighted by Crippen LogP contribution is 2.52. The summed E-state index contributed by atoms with van der Waals surface area (Å²) < 4.78 is 5.53. The van der Waals surface area contributed by atoms with Crippen LogP contribution >= 0.6 is 0 Å². The fraction of sp³-hybridized carbons (Fsp3) is 0.529. The summed E-state index contributed by atoms with van der Waals surface area (Å²) in [5.74, 6) is -0.0748. The Morgan fingerprint density at radius 3 is 2.70 bits per heavy atom. The molecule has 0 radical (unpaired) electrons. The zero-order valence-corrected chi connectivity index (χ0v) is 12.4. The number of esters is 1. The molecule has 2 atom stereocenters. The molecule has 0 amide bonds. The van der Waals surface area contributed by atoms with Crippen LogP contribution in [0.2, 0.25) is 0 Å². The largest absolute Gasteiger partial charge is 0.457 e. The topological polar surface area (TPSA) is 43.4 Å². The Morgan fingerprint density at radius 2 is 2.15 bits per heavy atom. The van der Waals surface area contributed by atoms with Gasteiger partial charge in [0.2, 0.25) is 0 Å². The maximum absolute atomic E-state index is 12.0. The van der Waals surface area contributed by atoms with Crippen LogP contribution in [-0.2, 0) is 14.3 Å². The van der Waals surface area contributed by atoms with Gasteiger partial charge in [-0.05, 0) is 30.8 Å². The molecule has 20 heavy (non-hydrogen) atoms. The quantitative estimate of drug-likeness (QED) is 0.570. The molecular weight excluding hydrogens is 252 g/mol. The normalized spacial score (nSPS) is 28.1. The van der Waals surface area contributed by atoms with E-state index in [0.29, 0.717) is 12.8 Å². The van der Waals surface area contributed by atoms with Gasteiger partial charge in [-0.25, -0.2) is 0 Å². The van der Waals surface area contributed by atoms with Crippen LogP contribution in [0.4, 0.5) is 0 Å². The van der Waals surface area contributed by atoms with Crippen molar-refractivity contribution in [3.05, 3.63) is 36.0 Å². The van der Waals surface area contributed by atoms with Crippen molar-refractivity contribution in [2.75, 3.05) is 0 Å². The lowest BCUT2D eigenvalue weighted by Gasteiger charge is -2.13. The number of hydrogen-bond donors (Lipinski definition) is 0. The molecule has 3 nitrogen and oxygen atoms in total. The highest BCUT2D eigenvalue weighted by Gasteiger charge is 2.52. The van der Waals surface area contributed by atoms with E-state index < -0.39 is 0 Å². The molecule has 0 N–H and O–H groups in total. The van der Waals surface area contributed by atoms with E-state index in [1.54, 1.807) is 6.08 Å². The minimum Gasteiger partial charge on any atom is -0.457 e. The van der Waals surface area contributed by atoms with E-state index in [2.05, 4.69) is 20.4 Å². The number of Topliss-reactive ketones (excluding diaryl/α,β-unsaturated/α-hetero) is 1. The summed E-state index contributed by atoms with van der Waals surface area (Å²) in [6.45, 7) is 9.61. The third-order valence-electron chi connectivity index (χ3n) is 4.32. The number of ether oxygens (including phenoxy) is 1. The number of rotatable bonds is 5. The highest BCUT2D eigenvalue weighted by atomic mass is 16.5. The minimum absolute atomic E-state index is 0.00452. The summed E-state index contributed by atoms with van der Waals surface area (Å²) in [7, 11) is 0. The van der Waals surface area contributed by atoms with Gasteiger partial charge >= 0.3 is 5.97 Å². The lowest BCUT2D eigenvalue weighted by molar-refractivity contribution is -0.150. The van der Waals surface area contributed by atoms with Crippen LogP contribution in [-0.4, -0.2) is 17.9 Å². The fourth-order valence-corrected chi connectivity index (χ4v) is 2.64. The Bertz CT molecular complexity index is 508. The average molecular weight is 274 g/mol. The number of carbonyl (C=O) groups is 2. The molecule has 0 aromatic heterocycles. The smallest absolute Gasteiger partial charge is 0.310 e. The SMILES string of the molecule is C=CC=CCC1=C(C)C(OC(=O)C2CC2(C)C)CC1=O. The molecular formula is C17H22O3. The van der Waals surface area contributed by atoms with E-state index in [1.807, 2.05) is 19.1 Å². The van der Waals surface area contributed by atoms with Gasteiger partial charge in [-0.3, -0.25) is 9.59 Å². The molecule has 0 heterocycles. The molecule has 2 rings (SSSR count). The predicted octanol–water partition coefficient (Wildman–Crippen LogP) is 3.37. The van der Waals surface area contributed by atoms with Gasteiger partial charge in [-0.15, -0.1) is 0 Å². The van der Waals surface area contributed by atoms with Crippen molar-refractivity contribution in [1.82, 2.24) is 0 Å². The number of ketones is 1. The lowest BCUT2D eigenvalue weighted by atomic mass is 10.1. The number of allylic oxidation sites excluding steroid dienone is 4. The van der Waals surface area contributed by atoms with Crippen LogP contribution in [0.1, 0.15) is 40.0 Å². The predicted molar refractivity (Wildman–Crippen MR) is 78.0 cm³/mol. The Labute approximate surface area is 120 Å². The van der Waals surface area contributed by atoms with Crippen LogP contribution in [0.3, 0.4) is 0 Å². The summed E-state index contributed by atoms with van der Waals surface area (Å²) in [5, 5.41) is 0. The molecule has 2 aliphatic rings. The van der Waals surface area contributed by atoms with Gasteiger partial charge in [0, 0.05) is 5.57 Å². The summed E-state index contributed by atoms with van der Waals surface area (Å²) in [5.41, 5.74) is 1.74. The first kappa shape index (κ1) is 14.8. The molecule has 0 aliphatic heterocycles. The van der Waals surface area contributed by atoms with E-state index >= 15 is 0 Å². The lowest BCUT2D eigenvalue weighted by Crippen LogP contribution is -2.20. The summed E-state index contributed by atoms with van der Waals surface area (Å²) in [6.07, 6.45) is 6.80. The third-order valence-corrected chi connectivity index (χ3v) is 4.32. The second-order valence-electron chi connectivity index (χ2n) is 6.33. The maximum Gasteiger partial charge on any atom is 0.310 e. The molecule has 0 saturated heterocycles. The Balaban J connectivity index is 2.00. The summed E-state index contributed by atoms with van der Waals surface area (Å²) >= 11 is 0. The second-order valence-corrected chi connectivity index (χ2v) is 6.33. The zero-order valence-electron chi connectivity index (χ0n) is 12.4. The van der Waals surface area contributed by atoms with Gasteiger partial charge in [-0.1, -0.05) is 38.7 Å². The van der Waals surface area contributed by atoms with Crippen molar-refractivity contribution in [2.24, 2.45) is 11.3 Å². The molecule has 0 aromatic carbocycles. The van der Waals surface area contributed by atoms with Crippen LogP contribution in [0, 0.1) is 11.3 Å². The van der Waals surface area contributed by atoms with E-state index in [1.165, 1.54) is 0 Å². The number of carbonyl (C=O) groups excluding carboxylic acids is 2. The first-order valence-corrected chi connectivity index (χ1v) is 7.07. The summed E-state index contributed by atoms with van der Waals surface area (Å²) in [6, 6.07) is 0. The van der Waals surface area contributed by atoms with E-state index in [0.717, 1.165) is 17.6 Å². The van der Waals surface area contributed by atoms with Crippen molar-refractivity contribution in [1.29, 1.82) is 0 Å². The molecule has 1 fully saturated rings. The zero-order chi connectivity index (χ0) is 14.9. The van der Waals surface area contributed by atoms with Gasteiger partial charge in [0.05, 0.1) is 12.3 Å². The minimum atomic E-state index is -0.362. The van der Waals surface area contributed by atoms with Gasteiger partial charge in [0.25, 0.3) is 0 Å². The van der Waals surface area contributed by atoms with Gasteiger partial charge in [0.1, 0.15) is 6.10 Å². The molecule has 0 bridgehead atoms. The van der Waals surface area contributed by atoms with E-state index in [-0.39, 0.29) is 29.2 Å². The van der Waals surface area contributed by atoms with E-state index in [4.69, 9.17) is 4.74 Å².